The van der Waals surface area contributed by atoms with Crippen molar-refractivity contribution in [1.82, 2.24) is 0 Å². The molecule has 0 heterocycles. The third kappa shape index (κ3) is 1.13. The van der Waals surface area contributed by atoms with Crippen LogP contribution in [0, 0.1) is 34.5 Å². The highest BCUT2D eigenvalue weighted by Gasteiger charge is 2.62. The lowest BCUT2D eigenvalue weighted by Crippen LogP contribution is -2.43. The van der Waals surface area contributed by atoms with E-state index in [2.05, 4.69) is 6.07 Å². The van der Waals surface area contributed by atoms with Crippen molar-refractivity contribution in [3.63, 3.8) is 0 Å². The average Bonchev–Trinajstić information content (AvgIpc) is 2.89. The van der Waals surface area contributed by atoms with Gasteiger partial charge in [0, 0.05) is 11.3 Å². The van der Waals surface area contributed by atoms with E-state index in [4.69, 9.17) is 5.26 Å². The lowest BCUT2D eigenvalue weighted by atomic mass is 9.61. The van der Waals surface area contributed by atoms with Gasteiger partial charge in [0.1, 0.15) is 5.78 Å². The van der Waals surface area contributed by atoms with Crippen molar-refractivity contribution in [2.45, 2.75) is 44.9 Å². The van der Waals surface area contributed by atoms with Crippen molar-refractivity contribution < 1.29 is 4.79 Å². The Bertz CT molecular complexity index is 329. The summed E-state index contributed by atoms with van der Waals surface area (Å²) in [4.78, 5) is 12.4. The first kappa shape index (κ1) is 9.39. The minimum Gasteiger partial charge on any atom is -0.299 e. The molecule has 1 atom stereocenters. The normalized spacial score (nSPS) is 43.7. The Labute approximate surface area is 90.7 Å². The molecule has 0 aromatic heterocycles. The van der Waals surface area contributed by atoms with Gasteiger partial charge in [0.05, 0.1) is 12.0 Å². The van der Waals surface area contributed by atoms with Gasteiger partial charge >= 0.3 is 0 Å². The van der Waals surface area contributed by atoms with Crippen LogP contribution in [0.4, 0.5) is 0 Å². The van der Waals surface area contributed by atoms with Gasteiger partial charge in [-0.1, -0.05) is 12.8 Å². The molecule has 0 N–H and O–H groups in total. The summed E-state index contributed by atoms with van der Waals surface area (Å²) in [5, 5.41) is 9.12. The second kappa shape index (κ2) is 3.07. The van der Waals surface area contributed by atoms with Crippen LogP contribution in [-0.2, 0) is 4.79 Å². The van der Waals surface area contributed by atoms with Gasteiger partial charge in [-0.25, -0.2) is 0 Å². The number of hydrogen-bond acceptors (Lipinski definition) is 2. The molecule has 0 aromatic carbocycles. The van der Waals surface area contributed by atoms with Crippen molar-refractivity contribution in [3.8, 4) is 6.07 Å². The minimum absolute atomic E-state index is 0.0515. The van der Waals surface area contributed by atoms with Crippen molar-refractivity contribution >= 4 is 5.78 Å². The van der Waals surface area contributed by atoms with Crippen molar-refractivity contribution in [2.24, 2.45) is 23.2 Å². The summed E-state index contributed by atoms with van der Waals surface area (Å²) in [6.07, 6.45) is 7.66. The summed E-state index contributed by atoms with van der Waals surface area (Å²) in [5.41, 5.74) is -0.172. The second-order valence-corrected chi connectivity index (χ2v) is 5.69. The number of hydrogen-bond donors (Lipinski definition) is 0. The van der Waals surface area contributed by atoms with E-state index in [-0.39, 0.29) is 11.3 Å². The highest BCUT2D eigenvalue weighted by molar-refractivity contribution is 5.89. The lowest BCUT2D eigenvalue weighted by Gasteiger charge is -2.40. The van der Waals surface area contributed by atoms with Crippen molar-refractivity contribution in [3.05, 3.63) is 0 Å². The number of nitrogens with zero attached hydrogens (tertiary/aromatic N) is 1. The van der Waals surface area contributed by atoms with Crippen LogP contribution in [0.5, 0.6) is 0 Å². The van der Waals surface area contributed by atoms with Crippen molar-refractivity contribution in [1.29, 1.82) is 5.26 Å². The van der Waals surface area contributed by atoms with Crippen LogP contribution in [0.25, 0.3) is 0 Å². The second-order valence-electron chi connectivity index (χ2n) is 5.69. The van der Waals surface area contributed by atoms with Gasteiger partial charge in [-0.3, -0.25) is 4.79 Å². The van der Waals surface area contributed by atoms with E-state index in [1.165, 1.54) is 12.8 Å². The molecule has 0 aromatic rings. The Morgan fingerprint density at radius 3 is 2.53 bits per heavy atom. The third-order valence-corrected chi connectivity index (χ3v) is 4.91. The van der Waals surface area contributed by atoms with Crippen LogP contribution in [0.2, 0.25) is 0 Å². The molecular weight excluding hydrogens is 186 g/mol. The Balaban J connectivity index is 1.81. The maximum absolute atomic E-state index is 12.4. The fraction of sp³-hybridized carbons (Fsp3) is 0.846. The standard InChI is InChI=1S/C13H17NO/c14-8-11-5-9-6-13(11,7-9)12(15)10-3-1-2-4-10/h9-11H,1-7H2. The van der Waals surface area contributed by atoms with Gasteiger partial charge in [0.25, 0.3) is 0 Å². The summed E-state index contributed by atoms with van der Waals surface area (Å²) in [5.74, 6) is 1.51. The molecule has 0 saturated heterocycles. The molecule has 15 heavy (non-hydrogen) atoms. The molecule has 0 spiro atoms. The molecule has 80 valence electrons. The zero-order chi connectivity index (χ0) is 10.5. The maximum atomic E-state index is 12.4. The van der Waals surface area contributed by atoms with Gasteiger partial charge in [0.2, 0.25) is 0 Å². The molecule has 4 aliphatic rings. The summed E-state index contributed by atoms with van der Waals surface area (Å²) >= 11 is 0. The summed E-state index contributed by atoms with van der Waals surface area (Å²) in [6.45, 7) is 0. The summed E-state index contributed by atoms with van der Waals surface area (Å²) < 4.78 is 0. The van der Waals surface area contributed by atoms with Crippen LogP contribution in [0.3, 0.4) is 0 Å². The van der Waals surface area contributed by atoms with E-state index in [1.54, 1.807) is 0 Å². The Morgan fingerprint density at radius 1 is 1.27 bits per heavy atom. The molecule has 2 bridgehead atoms. The van der Waals surface area contributed by atoms with E-state index in [0.29, 0.717) is 17.6 Å². The number of nitriles is 1. The van der Waals surface area contributed by atoms with Gasteiger partial charge in [0.15, 0.2) is 0 Å². The summed E-state index contributed by atoms with van der Waals surface area (Å²) in [6, 6.07) is 2.38. The van der Waals surface area contributed by atoms with E-state index in [1.807, 2.05) is 0 Å². The fourth-order valence-corrected chi connectivity index (χ4v) is 4.12. The first-order valence-corrected chi connectivity index (χ1v) is 6.20. The number of ketones is 1. The van der Waals surface area contributed by atoms with Crippen LogP contribution in [0.15, 0.2) is 0 Å². The van der Waals surface area contributed by atoms with E-state index in [0.717, 1.165) is 32.1 Å². The number of fused-ring (bicyclic) bond motifs is 1. The van der Waals surface area contributed by atoms with Crippen molar-refractivity contribution in [2.75, 3.05) is 0 Å². The van der Waals surface area contributed by atoms with Crippen LogP contribution >= 0.6 is 0 Å². The predicted octanol–water partition coefficient (Wildman–Crippen LogP) is 2.69. The van der Waals surface area contributed by atoms with Crippen LogP contribution < -0.4 is 0 Å². The smallest absolute Gasteiger partial charge is 0.143 e. The van der Waals surface area contributed by atoms with Gasteiger partial charge in [-0.15, -0.1) is 0 Å². The number of carbonyl (C=O) groups is 1. The van der Waals surface area contributed by atoms with E-state index >= 15 is 0 Å². The minimum atomic E-state index is -0.172. The molecule has 0 radical (unpaired) electrons. The fourth-order valence-electron chi connectivity index (χ4n) is 4.12. The third-order valence-electron chi connectivity index (χ3n) is 4.91. The highest BCUT2D eigenvalue weighted by Crippen LogP contribution is 2.63. The van der Waals surface area contributed by atoms with E-state index < -0.39 is 0 Å². The quantitative estimate of drug-likeness (QED) is 0.692. The number of carbonyl (C=O) groups excluding carboxylic acids is 1. The Morgan fingerprint density at radius 2 is 1.93 bits per heavy atom. The SMILES string of the molecule is N#CC1CC2CC1(C(=O)C1CCCC1)C2. The largest absolute Gasteiger partial charge is 0.299 e. The molecule has 0 amide bonds. The molecule has 4 fully saturated rings. The first-order valence-electron chi connectivity index (χ1n) is 6.20. The molecule has 2 heteroatoms. The van der Waals surface area contributed by atoms with Gasteiger partial charge < -0.3 is 0 Å². The average molecular weight is 203 g/mol. The van der Waals surface area contributed by atoms with Gasteiger partial charge in [-0.2, -0.15) is 5.26 Å². The maximum Gasteiger partial charge on any atom is 0.143 e. The zero-order valence-corrected chi connectivity index (χ0v) is 9.04. The monoisotopic (exact) mass is 203 g/mol. The molecule has 4 saturated carbocycles. The molecular formula is C13H17NO. The molecule has 4 rings (SSSR count). The Kier molecular flexibility index (Phi) is 1.92. The van der Waals surface area contributed by atoms with Crippen LogP contribution in [0.1, 0.15) is 44.9 Å². The van der Waals surface area contributed by atoms with E-state index in [9.17, 15) is 4.79 Å². The highest BCUT2D eigenvalue weighted by atomic mass is 16.1. The first-order chi connectivity index (χ1) is 7.26. The van der Waals surface area contributed by atoms with Crippen LogP contribution in [-0.4, -0.2) is 5.78 Å². The molecule has 1 unspecified atom stereocenters. The number of rotatable bonds is 2. The molecule has 0 aliphatic heterocycles. The molecule has 2 nitrogen and oxygen atoms in total. The zero-order valence-electron chi connectivity index (χ0n) is 9.04. The van der Waals surface area contributed by atoms with Gasteiger partial charge in [-0.05, 0) is 38.0 Å². The lowest BCUT2D eigenvalue weighted by molar-refractivity contribution is -0.138. The predicted molar refractivity (Wildman–Crippen MR) is 55.8 cm³/mol. The summed E-state index contributed by atoms with van der Waals surface area (Å²) in [7, 11) is 0. The molecule has 4 aliphatic carbocycles. The topological polar surface area (TPSA) is 40.9 Å². The Hall–Kier alpha value is -0.840. The number of Topliss-reactive ketones (excluding diaryl/α,β-unsaturated/α-hetero) is 1.